The van der Waals surface area contributed by atoms with E-state index < -0.39 is 5.97 Å². The van der Waals surface area contributed by atoms with E-state index in [1.54, 1.807) is 18.3 Å². The number of Topliss-reactive ketones (excluding diaryl/α,β-unsaturated/α-hetero) is 1. The van der Waals surface area contributed by atoms with Crippen LogP contribution in [0.15, 0.2) is 36.0 Å². The van der Waals surface area contributed by atoms with Gasteiger partial charge in [-0.15, -0.1) is 11.3 Å². The van der Waals surface area contributed by atoms with Crippen molar-refractivity contribution in [3.63, 3.8) is 0 Å². The molecule has 0 saturated carbocycles. The van der Waals surface area contributed by atoms with E-state index in [0.717, 1.165) is 16.5 Å². The second-order valence-electron chi connectivity index (χ2n) is 5.28. The Labute approximate surface area is 153 Å². The average molecular weight is 376 g/mol. The Bertz CT molecular complexity index is 935. The fraction of sp³-hybridized carbons (Fsp3) is 0.176. The molecule has 3 rings (SSSR count). The first-order valence-corrected chi connectivity index (χ1v) is 8.64. The molecule has 0 N–H and O–H groups in total. The van der Waals surface area contributed by atoms with Crippen molar-refractivity contribution in [2.45, 2.75) is 13.8 Å². The summed E-state index contributed by atoms with van der Waals surface area (Å²) < 4.78 is 6.99. The molecule has 0 radical (unpaired) electrons. The molecule has 0 atom stereocenters. The summed E-state index contributed by atoms with van der Waals surface area (Å²) in [5.74, 6) is -0.968. The third-order valence-corrected chi connectivity index (χ3v) is 4.71. The van der Waals surface area contributed by atoms with Crippen molar-refractivity contribution >= 4 is 34.7 Å². The number of pyridine rings is 1. The van der Waals surface area contributed by atoms with E-state index in [4.69, 9.17) is 16.3 Å². The van der Waals surface area contributed by atoms with Crippen LogP contribution in [0.5, 0.6) is 0 Å². The van der Waals surface area contributed by atoms with Gasteiger partial charge in [-0.1, -0.05) is 11.6 Å². The normalized spacial score (nSPS) is 10.7. The van der Waals surface area contributed by atoms with Gasteiger partial charge in [-0.05, 0) is 32.0 Å². The van der Waals surface area contributed by atoms with Gasteiger partial charge in [-0.3, -0.25) is 9.36 Å². The van der Waals surface area contributed by atoms with Crippen molar-refractivity contribution in [3.8, 4) is 5.13 Å². The van der Waals surface area contributed by atoms with E-state index in [-0.39, 0.29) is 23.1 Å². The zero-order chi connectivity index (χ0) is 18.0. The molecule has 0 fully saturated rings. The zero-order valence-corrected chi connectivity index (χ0v) is 15.1. The number of ether oxygens (including phenoxy) is 1. The van der Waals surface area contributed by atoms with E-state index in [1.165, 1.54) is 23.6 Å². The Balaban J connectivity index is 1.75. The highest BCUT2D eigenvalue weighted by Gasteiger charge is 2.20. The number of hydrogen-bond donors (Lipinski definition) is 0. The summed E-state index contributed by atoms with van der Waals surface area (Å²) in [4.78, 5) is 32.6. The van der Waals surface area contributed by atoms with Crippen LogP contribution >= 0.6 is 22.9 Å². The van der Waals surface area contributed by atoms with Gasteiger partial charge < -0.3 is 4.74 Å². The van der Waals surface area contributed by atoms with E-state index >= 15 is 0 Å². The van der Waals surface area contributed by atoms with Gasteiger partial charge in [-0.2, -0.15) is 0 Å². The lowest BCUT2D eigenvalue weighted by Gasteiger charge is -2.07. The molecular formula is C17H14ClN3O3S. The first-order valence-electron chi connectivity index (χ1n) is 7.38. The molecule has 3 aromatic heterocycles. The number of esters is 1. The lowest BCUT2D eigenvalue weighted by molar-refractivity contribution is 0.0474. The zero-order valence-electron chi connectivity index (χ0n) is 13.5. The third kappa shape index (κ3) is 3.47. The number of thiazole rings is 1. The number of nitrogens with zero attached hydrogens (tertiary/aromatic N) is 3. The van der Waals surface area contributed by atoms with Crippen LogP contribution in [0.2, 0.25) is 5.15 Å². The van der Waals surface area contributed by atoms with Gasteiger partial charge >= 0.3 is 5.97 Å². The highest BCUT2D eigenvalue weighted by atomic mass is 35.5. The molecule has 0 aliphatic carbocycles. The van der Waals surface area contributed by atoms with Gasteiger partial charge in [-0.25, -0.2) is 14.8 Å². The van der Waals surface area contributed by atoms with E-state index in [2.05, 4.69) is 9.97 Å². The molecule has 25 heavy (non-hydrogen) atoms. The molecule has 0 saturated heterocycles. The molecule has 128 valence electrons. The van der Waals surface area contributed by atoms with Crippen LogP contribution in [0.3, 0.4) is 0 Å². The molecule has 0 aliphatic heterocycles. The molecular weight excluding hydrogens is 362 g/mol. The van der Waals surface area contributed by atoms with E-state index in [9.17, 15) is 9.59 Å². The molecule has 0 unspecified atom stereocenters. The summed E-state index contributed by atoms with van der Waals surface area (Å²) in [6.07, 6.45) is 3.18. The van der Waals surface area contributed by atoms with Gasteiger partial charge in [0.25, 0.3) is 0 Å². The minimum absolute atomic E-state index is 0.0434. The van der Waals surface area contributed by atoms with Crippen molar-refractivity contribution in [3.05, 3.63) is 63.6 Å². The fourth-order valence-corrected chi connectivity index (χ4v) is 3.44. The number of halogens is 1. The molecule has 0 bridgehead atoms. The summed E-state index contributed by atoms with van der Waals surface area (Å²) in [6.45, 7) is 3.36. The van der Waals surface area contributed by atoms with Gasteiger partial charge in [0.2, 0.25) is 5.78 Å². The van der Waals surface area contributed by atoms with Crippen LogP contribution in [0.1, 0.15) is 32.1 Å². The van der Waals surface area contributed by atoms with Crippen LogP contribution < -0.4 is 0 Å². The smallest absolute Gasteiger partial charge is 0.341 e. The van der Waals surface area contributed by atoms with Crippen LogP contribution in [0, 0.1) is 13.8 Å². The summed E-state index contributed by atoms with van der Waals surface area (Å²) in [6, 6.07) is 4.84. The second-order valence-corrected chi connectivity index (χ2v) is 6.51. The molecule has 0 amide bonds. The lowest BCUT2D eigenvalue weighted by Crippen LogP contribution is -2.15. The Morgan fingerprint density at radius 1 is 1.24 bits per heavy atom. The number of aromatic nitrogens is 3. The Hall–Kier alpha value is -2.51. The quantitative estimate of drug-likeness (QED) is 0.386. The second kappa shape index (κ2) is 7.16. The SMILES string of the molecule is Cc1cc(C(=O)COC(=O)c2cccnc2Cl)c(C)n1-c1nccs1. The third-order valence-electron chi connectivity index (χ3n) is 3.66. The van der Waals surface area contributed by atoms with Crippen LogP contribution in [-0.2, 0) is 4.74 Å². The lowest BCUT2D eigenvalue weighted by atomic mass is 10.1. The van der Waals surface area contributed by atoms with Crippen molar-refractivity contribution in [1.82, 2.24) is 14.5 Å². The minimum atomic E-state index is -0.680. The molecule has 8 heteroatoms. The maximum atomic E-state index is 12.5. The van der Waals surface area contributed by atoms with Gasteiger partial charge in [0, 0.05) is 34.7 Å². The summed E-state index contributed by atoms with van der Waals surface area (Å²) >= 11 is 7.33. The molecule has 0 aliphatic rings. The Kier molecular flexibility index (Phi) is 4.96. The molecule has 0 spiro atoms. The topological polar surface area (TPSA) is 74.1 Å². The Morgan fingerprint density at radius 3 is 2.72 bits per heavy atom. The van der Waals surface area contributed by atoms with Gasteiger partial charge in [0.1, 0.15) is 5.15 Å². The highest BCUT2D eigenvalue weighted by Crippen LogP contribution is 2.23. The number of ketones is 1. The predicted octanol–water partition coefficient (Wildman–Crippen LogP) is 3.64. The van der Waals surface area contributed by atoms with E-state index in [1.807, 2.05) is 23.8 Å². The average Bonchev–Trinajstić information content (AvgIpc) is 3.20. The number of rotatable bonds is 5. The van der Waals surface area contributed by atoms with Crippen molar-refractivity contribution in [1.29, 1.82) is 0 Å². The molecule has 0 aromatic carbocycles. The predicted molar refractivity (Wildman–Crippen MR) is 94.8 cm³/mol. The summed E-state index contributed by atoms with van der Waals surface area (Å²) in [5, 5.41) is 2.70. The molecule has 3 heterocycles. The highest BCUT2D eigenvalue weighted by molar-refractivity contribution is 7.12. The number of carbonyl (C=O) groups excluding carboxylic acids is 2. The maximum Gasteiger partial charge on any atom is 0.341 e. The van der Waals surface area contributed by atoms with Gasteiger partial charge in [0.15, 0.2) is 11.7 Å². The maximum absolute atomic E-state index is 12.5. The van der Waals surface area contributed by atoms with E-state index in [0.29, 0.717) is 5.56 Å². The van der Waals surface area contributed by atoms with Crippen molar-refractivity contribution in [2.75, 3.05) is 6.61 Å². The summed E-state index contributed by atoms with van der Waals surface area (Å²) in [7, 11) is 0. The first-order chi connectivity index (χ1) is 12.0. The Morgan fingerprint density at radius 2 is 2.04 bits per heavy atom. The van der Waals surface area contributed by atoms with Crippen LogP contribution in [-0.4, -0.2) is 32.9 Å². The fourth-order valence-electron chi connectivity index (χ4n) is 2.49. The number of hydrogen-bond acceptors (Lipinski definition) is 6. The number of carbonyl (C=O) groups is 2. The largest absolute Gasteiger partial charge is 0.454 e. The first kappa shape index (κ1) is 17.3. The molecule has 3 aromatic rings. The molecule has 6 nitrogen and oxygen atoms in total. The number of aryl methyl sites for hydroxylation is 1. The van der Waals surface area contributed by atoms with Gasteiger partial charge in [0.05, 0.1) is 5.56 Å². The standard InChI is InChI=1S/C17H14ClN3O3S/c1-10-8-13(11(2)21(10)17-20-6-7-25-17)14(22)9-24-16(23)12-4-3-5-19-15(12)18/h3-8H,9H2,1-2H3. The minimum Gasteiger partial charge on any atom is -0.454 e. The van der Waals surface area contributed by atoms with Crippen LogP contribution in [0.4, 0.5) is 0 Å². The monoisotopic (exact) mass is 375 g/mol. The summed E-state index contributed by atoms with van der Waals surface area (Å²) in [5.41, 5.74) is 2.27. The van der Waals surface area contributed by atoms with Crippen molar-refractivity contribution < 1.29 is 14.3 Å². The van der Waals surface area contributed by atoms with Crippen molar-refractivity contribution in [2.24, 2.45) is 0 Å². The van der Waals surface area contributed by atoms with Crippen LogP contribution in [0.25, 0.3) is 5.13 Å².